The van der Waals surface area contributed by atoms with Gasteiger partial charge in [0.05, 0.1) is 5.56 Å². The van der Waals surface area contributed by atoms with Crippen LogP contribution in [0.4, 0.5) is 0 Å². The van der Waals surface area contributed by atoms with Crippen LogP contribution in [0.15, 0.2) is 4.42 Å². The van der Waals surface area contributed by atoms with Gasteiger partial charge in [0.1, 0.15) is 11.5 Å². The predicted molar refractivity (Wildman–Crippen MR) is 66.0 cm³/mol. The van der Waals surface area contributed by atoms with Crippen molar-refractivity contribution in [3.63, 3.8) is 0 Å². The highest BCUT2D eigenvalue weighted by Crippen LogP contribution is 2.23. The van der Waals surface area contributed by atoms with Crippen molar-refractivity contribution in [1.82, 2.24) is 4.90 Å². The van der Waals surface area contributed by atoms with E-state index in [1.807, 2.05) is 25.7 Å². The van der Waals surface area contributed by atoms with Crippen molar-refractivity contribution >= 4 is 5.91 Å². The van der Waals surface area contributed by atoms with Gasteiger partial charge in [0, 0.05) is 24.7 Å². The Kier molecular flexibility index (Phi) is 3.24. The van der Waals surface area contributed by atoms with E-state index in [2.05, 4.69) is 0 Å². The van der Waals surface area contributed by atoms with E-state index >= 15 is 0 Å². The third-order valence-electron chi connectivity index (χ3n) is 3.60. The van der Waals surface area contributed by atoms with Gasteiger partial charge in [0.2, 0.25) is 0 Å². The quantitative estimate of drug-likeness (QED) is 0.808. The van der Waals surface area contributed by atoms with Gasteiger partial charge in [-0.1, -0.05) is 0 Å². The molecule has 0 radical (unpaired) electrons. The smallest absolute Gasteiger partial charge is 0.257 e. The number of hydrogen-bond acceptors (Lipinski definition) is 3. The normalized spacial score (nSPS) is 17.5. The molecule has 1 amide bonds. The van der Waals surface area contributed by atoms with E-state index in [9.17, 15) is 4.79 Å². The van der Waals surface area contributed by atoms with Crippen LogP contribution >= 0.6 is 0 Å². The minimum absolute atomic E-state index is 0.0868. The van der Waals surface area contributed by atoms with Crippen LogP contribution in [0, 0.1) is 20.8 Å². The van der Waals surface area contributed by atoms with Crippen molar-refractivity contribution in [2.75, 3.05) is 13.1 Å². The molecule has 4 nitrogen and oxygen atoms in total. The molecule has 1 saturated heterocycles. The molecule has 17 heavy (non-hydrogen) atoms. The van der Waals surface area contributed by atoms with Crippen LogP contribution in [0.1, 0.15) is 40.3 Å². The van der Waals surface area contributed by atoms with Gasteiger partial charge in [-0.25, -0.2) is 0 Å². The van der Waals surface area contributed by atoms with Crippen molar-refractivity contribution in [2.45, 2.75) is 39.7 Å². The average molecular weight is 236 g/mol. The Morgan fingerprint density at radius 1 is 1.24 bits per heavy atom. The zero-order chi connectivity index (χ0) is 12.6. The highest BCUT2D eigenvalue weighted by Gasteiger charge is 2.26. The zero-order valence-corrected chi connectivity index (χ0v) is 10.7. The molecule has 4 heteroatoms. The molecule has 0 spiro atoms. The van der Waals surface area contributed by atoms with Crippen LogP contribution in [-0.4, -0.2) is 29.9 Å². The Labute approximate surface area is 102 Å². The number of piperidine rings is 1. The van der Waals surface area contributed by atoms with Crippen LogP contribution in [0.3, 0.4) is 0 Å². The van der Waals surface area contributed by atoms with Crippen molar-refractivity contribution in [3.05, 3.63) is 22.6 Å². The maximum Gasteiger partial charge on any atom is 0.257 e. The summed E-state index contributed by atoms with van der Waals surface area (Å²) in [4.78, 5) is 14.3. The van der Waals surface area contributed by atoms with E-state index in [1.165, 1.54) is 0 Å². The van der Waals surface area contributed by atoms with Crippen molar-refractivity contribution in [1.29, 1.82) is 0 Å². The summed E-state index contributed by atoms with van der Waals surface area (Å²) in [7, 11) is 0. The maximum atomic E-state index is 12.4. The first-order valence-electron chi connectivity index (χ1n) is 6.12. The molecule has 0 aromatic carbocycles. The first kappa shape index (κ1) is 12.2. The van der Waals surface area contributed by atoms with Gasteiger partial charge in [-0.2, -0.15) is 0 Å². The molecule has 2 heterocycles. The fourth-order valence-corrected chi connectivity index (χ4v) is 2.37. The van der Waals surface area contributed by atoms with E-state index in [0.29, 0.717) is 0 Å². The molecule has 0 atom stereocenters. The maximum absolute atomic E-state index is 12.4. The van der Waals surface area contributed by atoms with E-state index in [4.69, 9.17) is 10.2 Å². The minimum Gasteiger partial charge on any atom is -0.466 e. The molecule has 1 fully saturated rings. The molecule has 2 N–H and O–H groups in total. The number of hydrogen-bond donors (Lipinski definition) is 1. The Morgan fingerprint density at radius 2 is 1.82 bits per heavy atom. The Hall–Kier alpha value is -1.29. The van der Waals surface area contributed by atoms with Gasteiger partial charge in [0.15, 0.2) is 0 Å². The topological polar surface area (TPSA) is 59.5 Å². The Balaban J connectivity index is 2.20. The lowest BCUT2D eigenvalue weighted by molar-refractivity contribution is 0.0712. The van der Waals surface area contributed by atoms with E-state index in [-0.39, 0.29) is 11.9 Å². The number of rotatable bonds is 1. The van der Waals surface area contributed by atoms with Crippen LogP contribution in [-0.2, 0) is 0 Å². The lowest BCUT2D eigenvalue weighted by Crippen LogP contribution is -2.43. The number of likely N-dealkylation sites (tertiary alicyclic amines) is 1. The summed E-state index contributed by atoms with van der Waals surface area (Å²) >= 11 is 0. The number of nitrogens with two attached hydrogens (primary N) is 1. The molecule has 1 aliphatic rings. The van der Waals surface area contributed by atoms with Gasteiger partial charge in [-0.05, 0) is 33.6 Å². The molecule has 1 aliphatic heterocycles. The fourth-order valence-electron chi connectivity index (χ4n) is 2.37. The summed E-state index contributed by atoms with van der Waals surface area (Å²) < 4.78 is 5.51. The zero-order valence-electron chi connectivity index (χ0n) is 10.7. The summed E-state index contributed by atoms with van der Waals surface area (Å²) in [6, 6.07) is 0.243. The Morgan fingerprint density at radius 3 is 2.29 bits per heavy atom. The SMILES string of the molecule is Cc1oc(C)c(C(=O)N2CCC(N)CC2)c1C. The minimum atomic E-state index is 0.0868. The van der Waals surface area contributed by atoms with Gasteiger partial charge in [-0.15, -0.1) is 0 Å². The van der Waals surface area contributed by atoms with Crippen molar-refractivity contribution in [2.24, 2.45) is 5.73 Å². The fraction of sp³-hybridized carbons (Fsp3) is 0.615. The summed E-state index contributed by atoms with van der Waals surface area (Å²) in [6.07, 6.45) is 1.78. The first-order valence-corrected chi connectivity index (χ1v) is 6.12. The Bertz CT molecular complexity index is 429. The molecule has 0 unspecified atom stereocenters. The van der Waals surface area contributed by atoms with Gasteiger partial charge in [-0.3, -0.25) is 4.79 Å². The molecular formula is C13H20N2O2. The number of nitrogens with zero attached hydrogens (tertiary/aromatic N) is 1. The number of furan rings is 1. The van der Waals surface area contributed by atoms with E-state index in [0.717, 1.165) is 48.6 Å². The number of amides is 1. The molecule has 1 aromatic heterocycles. The lowest BCUT2D eigenvalue weighted by atomic mass is 10.0. The second-order valence-electron chi connectivity index (χ2n) is 4.84. The third-order valence-corrected chi connectivity index (χ3v) is 3.60. The number of carbonyl (C=O) groups excluding carboxylic acids is 1. The third kappa shape index (κ3) is 2.22. The van der Waals surface area contributed by atoms with E-state index in [1.54, 1.807) is 0 Å². The van der Waals surface area contributed by atoms with Crippen molar-refractivity contribution < 1.29 is 9.21 Å². The molecule has 2 rings (SSSR count). The van der Waals surface area contributed by atoms with Crippen LogP contribution in [0.5, 0.6) is 0 Å². The monoisotopic (exact) mass is 236 g/mol. The van der Waals surface area contributed by atoms with Crippen LogP contribution < -0.4 is 5.73 Å². The molecule has 0 saturated carbocycles. The van der Waals surface area contributed by atoms with Gasteiger partial charge < -0.3 is 15.1 Å². The summed E-state index contributed by atoms with van der Waals surface area (Å²) in [5, 5.41) is 0. The molecular weight excluding hydrogens is 216 g/mol. The standard InChI is InChI=1S/C13H20N2O2/c1-8-9(2)17-10(3)12(8)13(16)15-6-4-11(14)5-7-15/h11H,4-7,14H2,1-3H3. The number of aryl methyl sites for hydroxylation is 2. The molecule has 0 bridgehead atoms. The highest BCUT2D eigenvalue weighted by atomic mass is 16.3. The van der Waals surface area contributed by atoms with E-state index < -0.39 is 0 Å². The second kappa shape index (κ2) is 4.53. The summed E-state index contributed by atoms with van der Waals surface area (Å²) in [5.41, 5.74) is 7.54. The van der Waals surface area contributed by atoms with Crippen LogP contribution in [0.2, 0.25) is 0 Å². The number of carbonyl (C=O) groups is 1. The highest BCUT2D eigenvalue weighted by molar-refractivity contribution is 5.96. The summed E-state index contributed by atoms with van der Waals surface area (Å²) in [5.74, 6) is 1.64. The predicted octanol–water partition coefficient (Wildman–Crippen LogP) is 1.77. The van der Waals surface area contributed by atoms with Gasteiger partial charge >= 0.3 is 0 Å². The van der Waals surface area contributed by atoms with Gasteiger partial charge in [0.25, 0.3) is 5.91 Å². The average Bonchev–Trinajstić information content (AvgIpc) is 2.53. The van der Waals surface area contributed by atoms with Crippen LogP contribution in [0.25, 0.3) is 0 Å². The molecule has 94 valence electrons. The second-order valence-corrected chi connectivity index (χ2v) is 4.84. The van der Waals surface area contributed by atoms with Crippen molar-refractivity contribution in [3.8, 4) is 0 Å². The summed E-state index contributed by atoms with van der Waals surface area (Å²) in [6.45, 7) is 7.19. The first-order chi connectivity index (χ1) is 8.00. The lowest BCUT2D eigenvalue weighted by Gasteiger charge is -2.30. The largest absolute Gasteiger partial charge is 0.466 e. The molecule has 1 aromatic rings. The molecule has 0 aliphatic carbocycles.